The van der Waals surface area contributed by atoms with E-state index < -0.39 is 11.9 Å². The monoisotopic (exact) mass is 1010 g/mol. The minimum atomic E-state index is -0.453. The Hall–Kier alpha value is -5.93. The Morgan fingerprint density at radius 3 is 1.97 bits per heavy atom. The van der Waals surface area contributed by atoms with Crippen LogP contribution in [0.1, 0.15) is 63.9 Å². The Balaban J connectivity index is 1.00. The maximum atomic E-state index is 13.8. The van der Waals surface area contributed by atoms with E-state index in [-0.39, 0.29) is 70.3 Å². The molecule has 20 nitrogen and oxygen atoms in total. The van der Waals surface area contributed by atoms with Gasteiger partial charge < -0.3 is 54.8 Å². The largest absolute Gasteiger partial charge is 0.495 e. The quantitative estimate of drug-likeness (QED) is 0.0443. The molecule has 5 rings (SSSR count). The number of nitrogens with zero attached hydrogens (tertiary/aromatic N) is 6. The first-order valence-electron chi connectivity index (χ1n) is 23.5. The molecule has 2 aliphatic heterocycles. The number of unbranched alkanes of at least 4 members (excludes halogenated alkanes) is 1. The number of methoxy groups -OCH3 is 2. The van der Waals surface area contributed by atoms with Gasteiger partial charge in [-0.25, -0.2) is 9.78 Å². The summed E-state index contributed by atoms with van der Waals surface area (Å²) in [4.78, 5) is 79.3. The Morgan fingerprint density at radius 1 is 0.786 bits per heavy atom. The zero-order valence-corrected chi connectivity index (χ0v) is 42.1. The van der Waals surface area contributed by atoms with Gasteiger partial charge in [0.15, 0.2) is 0 Å². The van der Waals surface area contributed by atoms with Crippen molar-refractivity contribution in [2.24, 2.45) is 0 Å². The summed E-state index contributed by atoms with van der Waals surface area (Å²) >= 11 is 13.3. The molecule has 0 unspecified atom stereocenters. The Morgan fingerprint density at radius 2 is 1.39 bits per heavy atom. The van der Waals surface area contributed by atoms with Crippen molar-refractivity contribution in [1.82, 2.24) is 25.5 Å². The van der Waals surface area contributed by atoms with E-state index in [0.717, 1.165) is 24.9 Å². The number of nitrogens with one attached hydrogen (secondary N) is 4. The van der Waals surface area contributed by atoms with E-state index in [1.54, 1.807) is 25.4 Å². The number of carbonyl (C=O) groups is 5. The first-order valence-corrected chi connectivity index (χ1v) is 24.3. The molecule has 1 saturated heterocycles. The molecule has 22 heteroatoms. The molecule has 4 N–H and O–H groups in total. The molecule has 0 atom stereocenters. The van der Waals surface area contributed by atoms with Crippen molar-refractivity contribution in [3.8, 4) is 11.5 Å². The third-order valence-electron chi connectivity index (χ3n) is 11.4. The van der Waals surface area contributed by atoms with Crippen LogP contribution in [0.5, 0.6) is 11.5 Å². The molecule has 0 spiro atoms. The highest BCUT2D eigenvalue weighted by Gasteiger charge is 2.35. The Kier molecular flexibility index (Phi) is 22.5. The van der Waals surface area contributed by atoms with Crippen LogP contribution in [0.4, 0.5) is 39.3 Å². The molecule has 0 bridgehead atoms. The smallest absolute Gasteiger partial charge is 0.330 e. The SMILES string of the molecule is C=CC(=O)Nc1cc(N2CCN(C(=O)CCCC(=O)NCCCOCCOCCOCCCNC(=O)CCCC)CC2)ccc1Nc1ncc2c(n1)N(C)C(=O)N(c1c(Cl)c(OC)cc(OC)c1Cl)C2. The van der Waals surface area contributed by atoms with Gasteiger partial charge in [0.1, 0.15) is 27.4 Å². The van der Waals surface area contributed by atoms with Crippen molar-refractivity contribution in [2.75, 3.05) is 126 Å². The summed E-state index contributed by atoms with van der Waals surface area (Å²) in [6.45, 7) is 11.8. The lowest BCUT2D eigenvalue weighted by molar-refractivity contribution is -0.131. The number of benzene rings is 2. The number of anilines is 6. The van der Waals surface area contributed by atoms with Crippen molar-refractivity contribution < 1.29 is 47.7 Å². The van der Waals surface area contributed by atoms with E-state index in [1.165, 1.54) is 30.1 Å². The molecule has 2 aromatic carbocycles. The minimum absolute atomic E-state index is 0.00509. The van der Waals surface area contributed by atoms with Crippen LogP contribution >= 0.6 is 23.2 Å². The number of ether oxygens (including phenoxy) is 5. The number of hydrogen-bond donors (Lipinski definition) is 4. The fraction of sp³-hybridized carbons (Fsp3) is 0.521. The fourth-order valence-corrected chi connectivity index (χ4v) is 8.24. The van der Waals surface area contributed by atoms with E-state index in [9.17, 15) is 24.0 Å². The maximum absolute atomic E-state index is 13.8. The first kappa shape index (κ1) is 55.0. The van der Waals surface area contributed by atoms with Crippen molar-refractivity contribution in [3.63, 3.8) is 0 Å². The number of rotatable bonds is 29. The van der Waals surface area contributed by atoms with E-state index in [0.29, 0.717) is 121 Å². The van der Waals surface area contributed by atoms with Gasteiger partial charge in [0.2, 0.25) is 29.6 Å². The van der Waals surface area contributed by atoms with Crippen LogP contribution in [0.2, 0.25) is 10.0 Å². The highest BCUT2D eigenvalue weighted by molar-refractivity contribution is 6.42. The average Bonchev–Trinajstić information content (AvgIpc) is 3.36. The molecule has 3 heterocycles. The lowest BCUT2D eigenvalue weighted by Crippen LogP contribution is -2.48. The van der Waals surface area contributed by atoms with Gasteiger partial charge in [-0.2, -0.15) is 4.98 Å². The topological polar surface area (TPSA) is 218 Å². The summed E-state index contributed by atoms with van der Waals surface area (Å²) in [7, 11) is 4.48. The van der Waals surface area contributed by atoms with Gasteiger partial charge in [-0.05, 0) is 50.0 Å². The van der Waals surface area contributed by atoms with Gasteiger partial charge in [-0.3, -0.25) is 29.0 Å². The van der Waals surface area contributed by atoms with Crippen molar-refractivity contribution in [3.05, 3.63) is 58.7 Å². The van der Waals surface area contributed by atoms with Crippen LogP contribution in [-0.2, 0) is 39.9 Å². The second-order valence-electron chi connectivity index (χ2n) is 16.3. The number of carbonyl (C=O) groups excluding carboxylic acids is 5. The van der Waals surface area contributed by atoms with Gasteiger partial charge >= 0.3 is 6.03 Å². The van der Waals surface area contributed by atoms with E-state index in [1.807, 2.05) is 17.0 Å². The molecule has 3 aromatic rings. The fourth-order valence-electron chi connectivity index (χ4n) is 7.53. The number of aromatic nitrogens is 2. The summed E-state index contributed by atoms with van der Waals surface area (Å²) < 4.78 is 27.4. The minimum Gasteiger partial charge on any atom is -0.495 e. The van der Waals surface area contributed by atoms with Crippen molar-refractivity contribution in [1.29, 1.82) is 0 Å². The van der Waals surface area contributed by atoms with E-state index in [4.69, 9.17) is 46.9 Å². The third kappa shape index (κ3) is 16.1. The lowest BCUT2D eigenvalue weighted by atomic mass is 10.1. The molecule has 1 aromatic heterocycles. The van der Waals surface area contributed by atoms with Gasteiger partial charge in [0.05, 0.1) is 64.3 Å². The van der Waals surface area contributed by atoms with E-state index in [2.05, 4.69) is 49.6 Å². The first-order chi connectivity index (χ1) is 33.9. The highest BCUT2D eigenvalue weighted by Crippen LogP contribution is 2.48. The maximum Gasteiger partial charge on any atom is 0.330 e. The number of piperazine rings is 1. The van der Waals surface area contributed by atoms with Gasteiger partial charge in [-0.15, -0.1) is 0 Å². The second kappa shape index (κ2) is 28.7. The summed E-state index contributed by atoms with van der Waals surface area (Å²) in [6, 6.07) is 6.60. The number of amides is 6. The molecule has 0 aliphatic carbocycles. The van der Waals surface area contributed by atoms with Gasteiger partial charge in [0.25, 0.3) is 0 Å². The van der Waals surface area contributed by atoms with Gasteiger partial charge in [0, 0.05) is 102 Å². The molecular formula is C48H66Cl2N10O10. The van der Waals surface area contributed by atoms with Crippen LogP contribution in [0, 0.1) is 0 Å². The number of hydrogen-bond acceptors (Lipinski definition) is 14. The summed E-state index contributed by atoms with van der Waals surface area (Å²) in [6.07, 6.45) is 7.64. The molecule has 6 amide bonds. The number of halogens is 2. The van der Waals surface area contributed by atoms with Gasteiger partial charge in [-0.1, -0.05) is 43.1 Å². The molecule has 2 aliphatic rings. The summed E-state index contributed by atoms with van der Waals surface area (Å²) in [5, 5.41) is 12.1. The van der Waals surface area contributed by atoms with Crippen LogP contribution < -0.4 is 45.4 Å². The highest BCUT2D eigenvalue weighted by atomic mass is 35.5. The normalized spacial score (nSPS) is 13.4. The molecular weight excluding hydrogens is 947 g/mol. The zero-order chi connectivity index (χ0) is 50.4. The predicted molar refractivity (Wildman–Crippen MR) is 270 cm³/mol. The van der Waals surface area contributed by atoms with Crippen LogP contribution in [0.15, 0.2) is 43.1 Å². The van der Waals surface area contributed by atoms with E-state index >= 15 is 0 Å². The van der Waals surface area contributed by atoms with Crippen molar-refractivity contribution >= 4 is 87.4 Å². The third-order valence-corrected chi connectivity index (χ3v) is 12.1. The summed E-state index contributed by atoms with van der Waals surface area (Å²) in [5.41, 5.74) is 2.59. The van der Waals surface area contributed by atoms with Crippen molar-refractivity contribution in [2.45, 2.75) is 64.8 Å². The molecule has 70 heavy (non-hydrogen) atoms. The number of urea groups is 1. The second-order valence-corrected chi connectivity index (χ2v) is 17.1. The standard InChI is InChI=1S/C48H66Cl2N10O10/c1-6-8-12-40(62)51-17-10-23-68-25-27-70-28-26-69-24-11-18-52-41(63)13-9-14-42(64)59-21-19-58(20-22-59)34-15-16-35(36(29-34)54-39(61)7-2)55-47-53-31-33-32-60(48(65)57(3)46(33)56-47)45-43(49)37(66-4)30-38(67-5)44(45)50/h7,15-16,29-31H,2,6,8-14,17-28,32H2,1,3-5H3,(H,51,62)(H,52,63)(H,54,61)(H,53,55,56). The Bertz CT molecular complexity index is 2240. The average molecular weight is 1010 g/mol. The van der Waals surface area contributed by atoms with Crippen LogP contribution in [0.3, 0.4) is 0 Å². The molecule has 382 valence electrons. The lowest BCUT2D eigenvalue weighted by Gasteiger charge is -2.36. The number of fused-ring (bicyclic) bond motifs is 1. The Labute approximate surface area is 419 Å². The predicted octanol–water partition coefficient (Wildman–Crippen LogP) is 6.32. The van der Waals surface area contributed by atoms with Crippen LogP contribution in [-0.4, -0.2) is 145 Å². The zero-order valence-electron chi connectivity index (χ0n) is 40.5. The molecule has 1 fully saturated rings. The summed E-state index contributed by atoms with van der Waals surface area (Å²) in [5.74, 6) is 0.652. The van der Waals surface area contributed by atoms with Crippen LogP contribution in [0.25, 0.3) is 0 Å². The molecule has 0 saturated carbocycles. The molecule has 0 radical (unpaired) electrons.